The van der Waals surface area contributed by atoms with Gasteiger partial charge >= 0.3 is 6.18 Å². The molecule has 1 amide bonds. The summed E-state index contributed by atoms with van der Waals surface area (Å²) in [5, 5.41) is 5.63. The molecule has 0 bridgehead atoms. The summed E-state index contributed by atoms with van der Waals surface area (Å²) >= 11 is 5.96. The molecular weight excluding hydrogens is 367 g/mol. The van der Waals surface area contributed by atoms with Crippen LogP contribution in [0.1, 0.15) is 25.0 Å². The predicted octanol–water partition coefficient (Wildman–Crippen LogP) is 4.51. The van der Waals surface area contributed by atoms with Crippen molar-refractivity contribution in [2.24, 2.45) is 5.92 Å². The Morgan fingerprint density at radius 1 is 1.27 bits per heavy atom. The summed E-state index contributed by atoms with van der Waals surface area (Å²) in [6.45, 7) is 3.97. The van der Waals surface area contributed by atoms with E-state index >= 15 is 0 Å². The molecule has 0 unspecified atom stereocenters. The summed E-state index contributed by atoms with van der Waals surface area (Å²) in [5.41, 5.74) is 0.279. The van der Waals surface area contributed by atoms with Crippen molar-refractivity contribution < 1.29 is 18.0 Å². The molecule has 2 N–H and O–H groups in total. The zero-order chi connectivity index (χ0) is 19.3. The number of alkyl halides is 3. The minimum absolute atomic E-state index is 0.0921. The van der Waals surface area contributed by atoms with Gasteiger partial charge in [0.25, 0.3) is 0 Å². The van der Waals surface area contributed by atoms with Gasteiger partial charge in [0, 0.05) is 18.9 Å². The van der Waals surface area contributed by atoms with E-state index in [0.717, 1.165) is 17.7 Å². The predicted molar refractivity (Wildman–Crippen MR) is 94.8 cm³/mol. The summed E-state index contributed by atoms with van der Waals surface area (Å²) in [6, 6.07) is 5.95. The van der Waals surface area contributed by atoms with Gasteiger partial charge in [-0.05, 0) is 35.7 Å². The molecule has 26 heavy (non-hydrogen) atoms. The Balaban J connectivity index is 2.09. The van der Waals surface area contributed by atoms with Crippen LogP contribution in [-0.4, -0.2) is 16.9 Å². The van der Waals surface area contributed by atoms with E-state index in [4.69, 9.17) is 11.6 Å². The highest BCUT2D eigenvalue weighted by Gasteiger charge is 2.31. The van der Waals surface area contributed by atoms with Gasteiger partial charge in [0.2, 0.25) is 5.91 Å². The number of rotatable bonds is 6. The summed E-state index contributed by atoms with van der Waals surface area (Å²) in [7, 11) is 0. The number of halogens is 4. The van der Waals surface area contributed by atoms with Crippen LogP contribution in [0.4, 0.5) is 18.9 Å². The first-order valence-electron chi connectivity index (χ1n) is 7.98. The molecule has 0 aliphatic carbocycles. The third-order valence-corrected chi connectivity index (χ3v) is 4.06. The molecule has 0 aliphatic rings. The molecule has 1 atom stereocenters. The third kappa shape index (κ3) is 5.36. The molecule has 1 aromatic carbocycles. The summed E-state index contributed by atoms with van der Waals surface area (Å²) in [5.74, 6) is -0.387. The number of nitrogens with zero attached hydrogens (tertiary/aromatic N) is 1. The van der Waals surface area contributed by atoms with E-state index in [1.807, 2.05) is 19.9 Å². The summed E-state index contributed by atoms with van der Waals surface area (Å²) in [4.78, 5) is 16.5. The smallest absolute Gasteiger partial charge is 0.372 e. The van der Waals surface area contributed by atoms with E-state index in [-0.39, 0.29) is 22.5 Å². The molecule has 0 fully saturated rings. The molecule has 8 heteroatoms. The zero-order valence-corrected chi connectivity index (χ0v) is 15.0. The van der Waals surface area contributed by atoms with Crippen molar-refractivity contribution in [3.05, 3.63) is 58.9 Å². The minimum atomic E-state index is -4.47. The fourth-order valence-corrected chi connectivity index (χ4v) is 2.55. The maximum atomic E-state index is 12.7. The van der Waals surface area contributed by atoms with Gasteiger partial charge in [-0.2, -0.15) is 13.2 Å². The van der Waals surface area contributed by atoms with Crippen molar-refractivity contribution in [1.29, 1.82) is 0 Å². The van der Waals surface area contributed by atoms with Gasteiger partial charge in [-0.15, -0.1) is 0 Å². The van der Waals surface area contributed by atoms with Gasteiger partial charge in [0.05, 0.1) is 16.3 Å². The fourth-order valence-electron chi connectivity index (χ4n) is 2.31. The van der Waals surface area contributed by atoms with Crippen LogP contribution in [0.3, 0.4) is 0 Å². The Bertz CT molecular complexity index is 751. The zero-order valence-electron chi connectivity index (χ0n) is 14.3. The standard InChI is InChI=1S/C18H19ClF3N3O/c1-11(2)16(17(26)24-10-12-4-3-7-23-9-12)25-15-6-5-13(8-14(15)19)18(20,21)22/h3-9,11,16,25H,10H2,1-2H3,(H,24,26)/t16-/m0/s1. The number of hydrogen-bond donors (Lipinski definition) is 2. The van der Waals surface area contributed by atoms with Crippen molar-refractivity contribution in [2.75, 3.05) is 5.32 Å². The van der Waals surface area contributed by atoms with Crippen molar-refractivity contribution in [3.63, 3.8) is 0 Å². The Morgan fingerprint density at radius 2 is 2.00 bits per heavy atom. The largest absolute Gasteiger partial charge is 0.416 e. The SMILES string of the molecule is CC(C)[C@H](Nc1ccc(C(F)(F)F)cc1Cl)C(=O)NCc1cccnc1. The van der Waals surface area contributed by atoms with Crippen LogP contribution in [0.5, 0.6) is 0 Å². The van der Waals surface area contributed by atoms with Gasteiger partial charge in [0.15, 0.2) is 0 Å². The van der Waals surface area contributed by atoms with Crippen LogP contribution >= 0.6 is 11.6 Å². The first kappa shape index (κ1) is 20.0. The second-order valence-electron chi connectivity index (χ2n) is 6.14. The molecule has 2 rings (SSSR count). The van der Waals surface area contributed by atoms with Gasteiger partial charge in [-0.1, -0.05) is 31.5 Å². The Labute approximate surface area is 154 Å². The second-order valence-corrected chi connectivity index (χ2v) is 6.54. The first-order valence-corrected chi connectivity index (χ1v) is 8.36. The minimum Gasteiger partial charge on any atom is -0.372 e. The molecule has 4 nitrogen and oxygen atoms in total. The number of benzene rings is 1. The molecule has 140 valence electrons. The lowest BCUT2D eigenvalue weighted by molar-refractivity contribution is -0.137. The van der Waals surface area contributed by atoms with E-state index in [0.29, 0.717) is 6.54 Å². The molecule has 0 radical (unpaired) electrons. The molecule has 0 spiro atoms. The Hall–Kier alpha value is -2.28. The van der Waals surface area contributed by atoms with Crippen LogP contribution in [-0.2, 0) is 17.5 Å². The van der Waals surface area contributed by atoms with E-state index < -0.39 is 17.8 Å². The van der Waals surface area contributed by atoms with Crippen LogP contribution < -0.4 is 10.6 Å². The third-order valence-electron chi connectivity index (χ3n) is 3.75. The number of amides is 1. The lowest BCUT2D eigenvalue weighted by atomic mass is 10.0. The maximum Gasteiger partial charge on any atom is 0.416 e. The summed E-state index contributed by atoms with van der Waals surface area (Å²) in [6.07, 6.45) is -1.19. The van der Waals surface area contributed by atoms with E-state index in [2.05, 4.69) is 15.6 Å². The number of hydrogen-bond acceptors (Lipinski definition) is 3. The summed E-state index contributed by atoms with van der Waals surface area (Å²) < 4.78 is 38.2. The van der Waals surface area contributed by atoms with Crippen LogP contribution in [0, 0.1) is 5.92 Å². The number of aromatic nitrogens is 1. The highest BCUT2D eigenvalue weighted by Crippen LogP contribution is 2.34. The van der Waals surface area contributed by atoms with Crippen molar-refractivity contribution in [1.82, 2.24) is 10.3 Å². The molecule has 0 aliphatic heterocycles. The average molecular weight is 386 g/mol. The lowest BCUT2D eigenvalue weighted by Crippen LogP contribution is -2.42. The van der Waals surface area contributed by atoms with E-state index in [1.54, 1.807) is 18.5 Å². The molecular formula is C18H19ClF3N3O. The van der Waals surface area contributed by atoms with Gasteiger partial charge < -0.3 is 10.6 Å². The Morgan fingerprint density at radius 3 is 2.54 bits per heavy atom. The van der Waals surface area contributed by atoms with E-state index in [1.165, 1.54) is 6.07 Å². The van der Waals surface area contributed by atoms with Crippen LogP contribution in [0.2, 0.25) is 5.02 Å². The number of nitrogens with one attached hydrogen (secondary N) is 2. The second kappa shape index (κ2) is 8.40. The molecule has 2 aromatic rings. The topological polar surface area (TPSA) is 54.0 Å². The van der Waals surface area contributed by atoms with Crippen molar-refractivity contribution in [3.8, 4) is 0 Å². The van der Waals surface area contributed by atoms with Crippen LogP contribution in [0.15, 0.2) is 42.7 Å². The molecule has 0 saturated heterocycles. The van der Waals surface area contributed by atoms with Gasteiger partial charge in [-0.3, -0.25) is 9.78 Å². The highest BCUT2D eigenvalue weighted by molar-refractivity contribution is 6.33. The monoisotopic (exact) mass is 385 g/mol. The van der Waals surface area contributed by atoms with Gasteiger partial charge in [0.1, 0.15) is 6.04 Å². The lowest BCUT2D eigenvalue weighted by Gasteiger charge is -2.23. The molecule has 0 saturated carbocycles. The fraction of sp³-hybridized carbons (Fsp3) is 0.333. The number of carbonyl (C=O) groups excluding carboxylic acids is 1. The Kier molecular flexibility index (Phi) is 6.47. The van der Waals surface area contributed by atoms with Crippen molar-refractivity contribution in [2.45, 2.75) is 32.6 Å². The average Bonchev–Trinajstić information content (AvgIpc) is 2.58. The molecule has 1 heterocycles. The normalized spacial score (nSPS) is 12.7. The first-order chi connectivity index (χ1) is 12.2. The van der Waals surface area contributed by atoms with Gasteiger partial charge in [-0.25, -0.2) is 0 Å². The number of anilines is 1. The number of carbonyl (C=O) groups is 1. The highest BCUT2D eigenvalue weighted by atomic mass is 35.5. The van der Waals surface area contributed by atoms with Crippen molar-refractivity contribution >= 4 is 23.2 Å². The molecule has 1 aromatic heterocycles. The number of pyridine rings is 1. The maximum absolute atomic E-state index is 12.7. The van der Waals surface area contributed by atoms with Crippen LogP contribution in [0.25, 0.3) is 0 Å². The van der Waals surface area contributed by atoms with E-state index in [9.17, 15) is 18.0 Å². The quantitative estimate of drug-likeness (QED) is 0.769.